The summed E-state index contributed by atoms with van der Waals surface area (Å²) in [5.74, 6) is -1.45. The first-order valence-corrected chi connectivity index (χ1v) is 14.3. The van der Waals surface area contributed by atoms with Crippen molar-refractivity contribution < 1.29 is 22.4 Å². The van der Waals surface area contributed by atoms with Crippen molar-refractivity contribution in [1.82, 2.24) is 34.1 Å². The topological polar surface area (TPSA) is 113 Å². The van der Waals surface area contributed by atoms with Crippen LogP contribution in [0.3, 0.4) is 0 Å². The number of carbonyl (C=O) groups excluding carboxylic acids is 1. The number of nitrogens with zero attached hydrogens (tertiary/aromatic N) is 7. The maximum atomic E-state index is 15.5. The molecule has 6 rings (SSSR count). The van der Waals surface area contributed by atoms with Crippen LogP contribution in [0.15, 0.2) is 66.2 Å². The van der Waals surface area contributed by atoms with Crippen LogP contribution >= 0.6 is 11.6 Å². The molecule has 45 heavy (non-hydrogen) atoms. The number of halogens is 5. The van der Waals surface area contributed by atoms with Crippen LogP contribution in [0.2, 0.25) is 5.02 Å². The number of alkyl halides is 3. The summed E-state index contributed by atoms with van der Waals surface area (Å²) in [6.45, 7) is 1.82. The third kappa shape index (κ3) is 5.72. The van der Waals surface area contributed by atoms with Gasteiger partial charge in [-0.15, -0.1) is 0 Å². The van der Waals surface area contributed by atoms with Gasteiger partial charge in [-0.1, -0.05) is 24.9 Å². The van der Waals surface area contributed by atoms with Crippen LogP contribution < -0.4 is 10.9 Å². The summed E-state index contributed by atoms with van der Waals surface area (Å²) < 4.78 is 59.1. The second-order valence-corrected chi connectivity index (χ2v) is 11.2. The molecule has 1 amide bonds. The zero-order chi connectivity index (χ0) is 32.0. The normalized spacial score (nSPS) is 17.3. The first-order valence-electron chi connectivity index (χ1n) is 13.9. The summed E-state index contributed by atoms with van der Waals surface area (Å²) in [6, 6.07) is 6.57. The largest absolute Gasteiger partial charge is 0.419 e. The van der Waals surface area contributed by atoms with Crippen LogP contribution in [0.25, 0.3) is 28.2 Å². The number of amides is 1. The number of aromatic nitrogens is 7. The standard InChI is InChI=1S/C30H25ClF4N8O2/c1-16-4-3-5-23(20-10-17(8-9-36-20)28-22(40-29(16)45)13-38-41(28)2)42-15-37-21(11-25(42)44)26-24(7-6-19(31)27(26)32)43-14-18(12-39-43)30(33,34)35/h6-16,23H,3-5H2,1-2H3,(H,40,45). The van der Waals surface area contributed by atoms with Crippen molar-refractivity contribution in [1.29, 1.82) is 0 Å². The van der Waals surface area contributed by atoms with Crippen molar-refractivity contribution in [2.24, 2.45) is 13.0 Å². The van der Waals surface area contributed by atoms with E-state index in [9.17, 15) is 22.8 Å². The maximum absolute atomic E-state index is 15.5. The fraction of sp³-hybridized carbons (Fsp3) is 0.267. The van der Waals surface area contributed by atoms with Gasteiger partial charge in [0.2, 0.25) is 5.91 Å². The highest BCUT2D eigenvalue weighted by molar-refractivity contribution is 6.31. The highest BCUT2D eigenvalue weighted by Crippen LogP contribution is 2.35. The molecular weight excluding hydrogens is 616 g/mol. The average molecular weight is 641 g/mol. The van der Waals surface area contributed by atoms with Gasteiger partial charge in [-0.05, 0) is 37.1 Å². The molecule has 1 aliphatic rings. The van der Waals surface area contributed by atoms with Crippen LogP contribution in [-0.2, 0) is 18.0 Å². The molecule has 1 N–H and O–H groups in total. The van der Waals surface area contributed by atoms with Crippen LogP contribution in [-0.4, -0.2) is 40.0 Å². The van der Waals surface area contributed by atoms with Gasteiger partial charge in [-0.3, -0.25) is 23.8 Å². The van der Waals surface area contributed by atoms with Gasteiger partial charge in [0.1, 0.15) is 0 Å². The second kappa shape index (κ2) is 11.6. The summed E-state index contributed by atoms with van der Waals surface area (Å²) in [4.78, 5) is 35.5. The predicted octanol–water partition coefficient (Wildman–Crippen LogP) is 6.05. The van der Waals surface area contributed by atoms with Gasteiger partial charge in [0.15, 0.2) is 5.82 Å². The monoisotopic (exact) mass is 640 g/mol. The van der Waals surface area contributed by atoms with E-state index in [0.29, 0.717) is 54.3 Å². The van der Waals surface area contributed by atoms with E-state index in [1.807, 2.05) is 13.0 Å². The quantitative estimate of drug-likeness (QED) is 0.240. The van der Waals surface area contributed by atoms with Gasteiger partial charge < -0.3 is 5.32 Å². The van der Waals surface area contributed by atoms with Crippen molar-refractivity contribution >= 4 is 23.2 Å². The molecular formula is C30H25ClF4N8O2. The number of carbonyl (C=O) groups is 1. The SMILES string of the molecule is CC1CCCC(n2cnc(-c3c(-n4cc(C(F)(F)F)cn4)ccc(Cl)c3F)cc2=O)c2cc(ccn2)-c2c(cnn2C)NC1=O. The zero-order valence-corrected chi connectivity index (χ0v) is 24.6. The van der Waals surface area contributed by atoms with E-state index in [0.717, 1.165) is 10.7 Å². The van der Waals surface area contributed by atoms with E-state index in [1.54, 1.807) is 30.2 Å². The van der Waals surface area contributed by atoms with Gasteiger partial charge >= 0.3 is 6.18 Å². The Hall–Kier alpha value is -4.85. The van der Waals surface area contributed by atoms with E-state index in [1.165, 1.54) is 23.0 Å². The lowest BCUT2D eigenvalue weighted by molar-refractivity contribution is -0.137. The summed E-state index contributed by atoms with van der Waals surface area (Å²) in [5, 5.41) is 10.7. The Labute approximate surface area is 258 Å². The summed E-state index contributed by atoms with van der Waals surface area (Å²) in [6.07, 6.45) is 2.61. The fourth-order valence-corrected chi connectivity index (χ4v) is 5.60. The Bertz CT molecular complexity index is 1980. The van der Waals surface area contributed by atoms with Crippen molar-refractivity contribution in [3.05, 3.63) is 93.9 Å². The lowest BCUT2D eigenvalue weighted by Gasteiger charge is -2.22. The maximum Gasteiger partial charge on any atom is 0.419 e. The smallest absolute Gasteiger partial charge is 0.323 e. The Morgan fingerprint density at radius 2 is 1.84 bits per heavy atom. The molecule has 0 fully saturated rings. The van der Waals surface area contributed by atoms with E-state index in [-0.39, 0.29) is 33.8 Å². The van der Waals surface area contributed by atoms with Crippen molar-refractivity contribution in [3.8, 4) is 28.2 Å². The van der Waals surface area contributed by atoms with Crippen LogP contribution in [0.4, 0.5) is 23.2 Å². The minimum Gasteiger partial charge on any atom is -0.323 e. The van der Waals surface area contributed by atoms with Crippen LogP contribution in [0.5, 0.6) is 0 Å². The molecule has 5 aromatic rings. The van der Waals surface area contributed by atoms with Crippen molar-refractivity contribution in [2.75, 3.05) is 5.32 Å². The van der Waals surface area contributed by atoms with Gasteiger partial charge in [-0.25, -0.2) is 14.1 Å². The summed E-state index contributed by atoms with van der Waals surface area (Å²) in [7, 11) is 1.75. The highest BCUT2D eigenvalue weighted by atomic mass is 35.5. The number of hydrogen-bond acceptors (Lipinski definition) is 6. The molecule has 5 heterocycles. The lowest BCUT2D eigenvalue weighted by Crippen LogP contribution is -2.27. The predicted molar refractivity (Wildman–Crippen MR) is 157 cm³/mol. The lowest BCUT2D eigenvalue weighted by atomic mass is 9.97. The number of aryl methyl sites for hydroxylation is 1. The van der Waals surface area contributed by atoms with E-state index in [4.69, 9.17) is 11.6 Å². The molecule has 1 aromatic carbocycles. The molecule has 0 aliphatic carbocycles. The van der Waals surface area contributed by atoms with Gasteiger partial charge in [0.05, 0.1) is 69.4 Å². The minimum atomic E-state index is -4.67. The molecule has 0 saturated heterocycles. The van der Waals surface area contributed by atoms with Crippen molar-refractivity contribution in [3.63, 3.8) is 0 Å². The third-order valence-electron chi connectivity index (χ3n) is 7.81. The number of rotatable bonds is 3. The van der Waals surface area contributed by atoms with Crippen molar-refractivity contribution in [2.45, 2.75) is 38.4 Å². The summed E-state index contributed by atoms with van der Waals surface area (Å²) in [5.41, 5.74) is 0.377. The molecule has 2 unspecified atom stereocenters. The highest BCUT2D eigenvalue weighted by Gasteiger charge is 2.33. The number of hydrogen-bond donors (Lipinski definition) is 1. The molecule has 10 nitrogen and oxygen atoms in total. The molecule has 0 radical (unpaired) electrons. The van der Waals surface area contributed by atoms with Crippen LogP contribution in [0, 0.1) is 11.7 Å². The first kappa shape index (κ1) is 30.2. The Balaban J connectivity index is 1.44. The molecule has 232 valence electrons. The molecule has 15 heteroatoms. The Kier molecular flexibility index (Phi) is 7.77. The first-order chi connectivity index (χ1) is 21.4. The average Bonchev–Trinajstić information content (AvgIpc) is 3.64. The Morgan fingerprint density at radius 1 is 1.04 bits per heavy atom. The van der Waals surface area contributed by atoms with Gasteiger partial charge in [-0.2, -0.15) is 23.4 Å². The zero-order valence-electron chi connectivity index (χ0n) is 23.9. The Morgan fingerprint density at radius 3 is 2.58 bits per heavy atom. The number of anilines is 1. The minimum absolute atomic E-state index is 0.0864. The molecule has 0 saturated carbocycles. The summed E-state index contributed by atoms with van der Waals surface area (Å²) >= 11 is 6.04. The van der Waals surface area contributed by atoms with E-state index < -0.39 is 29.2 Å². The second-order valence-electron chi connectivity index (χ2n) is 10.8. The van der Waals surface area contributed by atoms with Crippen LogP contribution in [0.1, 0.15) is 43.5 Å². The number of benzene rings is 1. The van der Waals surface area contributed by atoms with E-state index in [2.05, 4.69) is 25.5 Å². The van der Waals surface area contributed by atoms with E-state index >= 15 is 4.39 Å². The molecule has 2 atom stereocenters. The molecule has 4 aromatic heterocycles. The number of nitrogens with one attached hydrogen (secondary N) is 1. The molecule has 1 aliphatic heterocycles. The number of fused-ring (bicyclic) bond motifs is 4. The molecule has 0 spiro atoms. The van der Waals surface area contributed by atoms with Gasteiger partial charge in [0.25, 0.3) is 5.56 Å². The molecule has 2 bridgehead atoms. The fourth-order valence-electron chi connectivity index (χ4n) is 5.44. The third-order valence-corrected chi connectivity index (χ3v) is 8.10. The van der Waals surface area contributed by atoms with Gasteiger partial charge in [0, 0.05) is 37.0 Å². The number of pyridine rings is 1.